The van der Waals surface area contributed by atoms with Gasteiger partial charge in [-0.3, -0.25) is 4.99 Å². The number of hydrogen-bond acceptors (Lipinski definition) is 4. The van der Waals surface area contributed by atoms with Crippen LogP contribution in [0.3, 0.4) is 0 Å². The lowest BCUT2D eigenvalue weighted by molar-refractivity contribution is 0.322. The first-order chi connectivity index (χ1) is 11.7. The van der Waals surface area contributed by atoms with Gasteiger partial charge in [0, 0.05) is 29.4 Å². The Hall–Kier alpha value is -1.60. The second kappa shape index (κ2) is 10.3. The summed E-state index contributed by atoms with van der Waals surface area (Å²) in [7, 11) is 0. The SMILES string of the molecule is CCNC(=NCCc1csc(C)n1)NCCOc1ccc(Br)cc1. The molecule has 0 atom stereocenters. The number of aromatic nitrogens is 1. The minimum atomic E-state index is 0.581. The summed E-state index contributed by atoms with van der Waals surface area (Å²) in [5, 5.41) is 9.72. The highest BCUT2D eigenvalue weighted by molar-refractivity contribution is 9.10. The van der Waals surface area contributed by atoms with Crippen LogP contribution in [-0.2, 0) is 6.42 Å². The van der Waals surface area contributed by atoms with Crippen molar-refractivity contribution in [1.29, 1.82) is 0 Å². The molecule has 1 aromatic carbocycles. The fraction of sp³-hybridized carbons (Fsp3) is 0.412. The number of benzene rings is 1. The van der Waals surface area contributed by atoms with Crippen molar-refractivity contribution in [2.24, 2.45) is 4.99 Å². The van der Waals surface area contributed by atoms with Gasteiger partial charge in [-0.05, 0) is 38.1 Å². The highest BCUT2D eigenvalue weighted by Gasteiger charge is 2.00. The van der Waals surface area contributed by atoms with E-state index in [1.165, 1.54) is 0 Å². The van der Waals surface area contributed by atoms with Crippen LogP contribution in [0.1, 0.15) is 17.6 Å². The van der Waals surface area contributed by atoms with Gasteiger partial charge in [0.05, 0.1) is 17.2 Å². The van der Waals surface area contributed by atoms with Gasteiger partial charge in [-0.2, -0.15) is 0 Å². The number of nitrogens with one attached hydrogen (secondary N) is 2. The first kappa shape index (κ1) is 18.7. The molecule has 2 aromatic rings. The second-order valence-electron chi connectivity index (χ2n) is 5.10. The molecule has 0 saturated carbocycles. The van der Waals surface area contributed by atoms with Crippen molar-refractivity contribution >= 4 is 33.2 Å². The molecule has 0 fully saturated rings. The van der Waals surface area contributed by atoms with E-state index >= 15 is 0 Å². The zero-order valence-corrected chi connectivity index (χ0v) is 16.4. The van der Waals surface area contributed by atoms with Gasteiger partial charge in [0.1, 0.15) is 12.4 Å². The van der Waals surface area contributed by atoms with Crippen LogP contribution in [0.2, 0.25) is 0 Å². The highest BCUT2D eigenvalue weighted by atomic mass is 79.9. The van der Waals surface area contributed by atoms with Crippen molar-refractivity contribution < 1.29 is 4.74 Å². The van der Waals surface area contributed by atoms with Crippen molar-refractivity contribution in [1.82, 2.24) is 15.6 Å². The predicted octanol–water partition coefficient (Wildman–Crippen LogP) is 3.39. The number of aliphatic imine (C=N–C) groups is 1. The van der Waals surface area contributed by atoms with E-state index in [0.29, 0.717) is 19.7 Å². The Bertz CT molecular complexity index is 642. The molecule has 1 aromatic heterocycles. The van der Waals surface area contributed by atoms with Gasteiger partial charge in [0.25, 0.3) is 0 Å². The lowest BCUT2D eigenvalue weighted by atomic mass is 10.3. The van der Waals surface area contributed by atoms with Gasteiger partial charge in [-0.15, -0.1) is 11.3 Å². The maximum absolute atomic E-state index is 5.69. The van der Waals surface area contributed by atoms with E-state index in [0.717, 1.165) is 39.8 Å². The lowest BCUT2D eigenvalue weighted by Gasteiger charge is -2.12. The van der Waals surface area contributed by atoms with Crippen LogP contribution in [0, 0.1) is 6.92 Å². The molecule has 0 aliphatic rings. The molecule has 2 N–H and O–H groups in total. The summed E-state index contributed by atoms with van der Waals surface area (Å²) in [6, 6.07) is 7.82. The lowest BCUT2D eigenvalue weighted by Crippen LogP contribution is -2.39. The van der Waals surface area contributed by atoms with Crippen molar-refractivity contribution in [3.05, 3.63) is 44.8 Å². The standard InChI is InChI=1S/C17H23BrN4OS/c1-3-19-17(20-9-8-15-12-24-13(2)22-15)21-10-11-23-16-6-4-14(18)5-7-16/h4-7,12H,3,8-11H2,1-2H3,(H2,19,20,21). The number of thiazole rings is 1. The molecular weight excluding hydrogens is 388 g/mol. The molecule has 0 unspecified atom stereocenters. The topological polar surface area (TPSA) is 58.5 Å². The van der Waals surface area contributed by atoms with Crippen LogP contribution in [0.15, 0.2) is 39.1 Å². The van der Waals surface area contributed by atoms with Gasteiger partial charge in [0.15, 0.2) is 5.96 Å². The Morgan fingerprint density at radius 1 is 1.29 bits per heavy atom. The van der Waals surface area contributed by atoms with Crippen LogP contribution in [0.25, 0.3) is 0 Å². The normalized spacial score (nSPS) is 11.4. The fourth-order valence-electron chi connectivity index (χ4n) is 2.02. The quantitative estimate of drug-likeness (QED) is 0.397. The molecule has 5 nitrogen and oxygen atoms in total. The summed E-state index contributed by atoms with van der Waals surface area (Å²) in [5.41, 5.74) is 1.11. The third kappa shape index (κ3) is 6.88. The van der Waals surface area contributed by atoms with Crippen molar-refractivity contribution in [3.63, 3.8) is 0 Å². The monoisotopic (exact) mass is 410 g/mol. The van der Waals surface area contributed by atoms with Gasteiger partial charge in [0.2, 0.25) is 0 Å². The van der Waals surface area contributed by atoms with E-state index < -0.39 is 0 Å². The molecule has 0 amide bonds. The van der Waals surface area contributed by atoms with Crippen molar-refractivity contribution in [3.8, 4) is 5.75 Å². The Kier molecular flexibility index (Phi) is 8.04. The van der Waals surface area contributed by atoms with E-state index in [-0.39, 0.29) is 0 Å². The van der Waals surface area contributed by atoms with Gasteiger partial charge in [-0.25, -0.2) is 4.98 Å². The van der Waals surface area contributed by atoms with E-state index in [2.05, 4.69) is 48.8 Å². The summed E-state index contributed by atoms with van der Waals surface area (Å²) in [6.07, 6.45) is 0.857. The van der Waals surface area contributed by atoms with Crippen molar-refractivity contribution in [2.45, 2.75) is 20.3 Å². The maximum atomic E-state index is 5.69. The van der Waals surface area contributed by atoms with Crippen LogP contribution in [-0.4, -0.2) is 37.2 Å². The summed E-state index contributed by atoms with van der Waals surface area (Å²) < 4.78 is 6.74. The molecule has 7 heteroatoms. The van der Waals surface area contributed by atoms with E-state index in [4.69, 9.17) is 4.74 Å². The average Bonchev–Trinajstić information content (AvgIpc) is 2.98. The van der Waals surface area contributed by atoms with E-state index in [1.807, 2.05) is 31.2 Å². The molecule has 0 saturated heterocycles. The summed E-state index contributed by atoms with van der Waals surface area (Å²) in [6.45, 7) is 6.89. The van der Waals surface area contributed by atoms with E-state index in [9.17, 15) is 0 Å². The number of hydrogen-bond donors (Lipinski definition) is 2. The van der Waals surface area contributed by atoms with Crippen LogP contribution in [0.5, 0.6) is 5.75 Å². The van der Waals surface area contributed by atoms with Gasteiger partial charge >= 0.3 is 0 Å². The van der Waals surface area contributed by atoms with E-state index in [1.54, 1.807) is 11.3 Å². The summed E-state index contributed by atoms with van der Waals surface area (Å²) >= 11 is 5.09. The van der Waals surface area contributed by atoms with Gasteiger partial charge < -0.3 is 15.4 Å². The Morgan fingerprint density at radius 3 is 2.75 bits per heavy atom. The molecule has 1 heterocycles. The minimum Gasteiger partial charge on any atom is -0.492 e. The van der Waals surface area contributed by atoms with Gasteiger partial charge in [-0.1, -0.05) is 15.9 Å². The smallest absolute Gasteiger partial charge is 0.191 e. The molecule has 2 rings (SSSR count). The minimum absolute atomic E-state index is 0.581. The molecule has 0 bridgehead atoms. The predicted molar refractivity (Wildman–Crippen MR) is 104 cm³/mol. The van der Waals surface area contributed by atoms with Crippen LogP contribution < -0.4 is 15.4 Å². The fourth-order valence-corrected chi connectivity index (χ4v) is 2.93. The molecule has 24 heavy (non-hydrogen) atoms. The number of rotatable bonds is 8. The number of guanidine groups is 1. The largest absolute Gasteiger partial charge is 0.492 e. The number of aryl methyl sites for hydroxylation is 1. The molecule has 0 radical (unpaired) electrons. The van der Waals surface area contributed by atoms with Crippen LogP contribution in [0.4, 0.5) is 0 Å². The first-order valence-corrected chi connectivity index (χ1v) is 9.66. The maximum Gasteiger partial charge on any atom is 0.191 e. The number of nitrogens with zero attached hydrogens (tertiary/aromatic N) is 2. The van der Waals surface area contributed by atoms with Crippen molar-refractivity contribution in [2.75, 3.05) is 26.2 Å². The third-order valence-corrected chi connectivity index (χ3v) is 4.48. The zero-order valence-electron chi connectivity index (χ0n) is 14.0. The first-order valence-electron chi connectivity index (χ1n) is 7.99. The molecule has 0 aliphatic carbocycles. The summed E-state index contributed by atoms with van der Waals surface area (Å²) in [4.78, 5) is 9.03. The molecule has 0 spiro atoms. The Balaban J connectivity index is 1.71. The Labute approximate surface area is 155 Å². The average molecular weight is 411 g/mol. The Morgan fingerprint density at radius 2 is 2.08 bits per heavy atom. The molecule has 0 aliphatic heterocycles. The highest BCUT2D eigenvalue weighted by Crippen LogP contribution is 2.15. The number of halogens is 1. The molecule has 130 valence electrons. The van der Waals surface area contributed by atoms with Crippen LogP contribution >= 0.6 is 27.3 Å². The summed E-state index contributed by atoms with van der Waals surface area (Å²) in [5.74, 6) is 1.67. The molecular formula is C17H23BrN4OS. The third-order valence-electron chi connectivity index (χ3n) is 3.13. The number of ether oxygens (including phenoxy) is 1. The second-order valence-corrected chi connectivity index (χ2v) is 7.08. The zero-order chi connectivity index (χ0) is 17.2.